The number of esters is 2. The van der Waals surface area contributed by atoms with E-state index in [1.807, 2.05) is 48.5 Å². The van der Waals surface area contributed by atoms with Crippen LogP contribution in [0.4, 0.5) is 0 Å². The number of rotatable bonds is 7. The summed E-state index contributed by atoms with van der Waals surface area (Å²) in [5.74, 6) is -1.13. The molecule has 5 heteroatoms. The number of ether oxygens (including phenoxy) is 2. The molecule has 0 heterocycles. The van der Waals surface area contributed by atoms with Crippen LogP contribution in [-0.4, -0.2) is 18.0 Å². The zero-order valence-electron chi connectivity index (χ0n) is 20.4. The number of hydrogen-bond acceptors (Lipinski definition) is 5. The van der Waals surface area contributed by atoms with Crippen LogP contribution in [0.5, 0.6) is 0 Å². The summed E-state index contributed by atoms with van der Waals surface area (Å²) in [5.41, 5.74) is 17.6. The summed E-state index contributed by atoms with van der Waals surface area (Å²) in [6.45, 7) is 0.268. The van der Waals surface area contributed by atoms with Crippen LogP contribution in [0.2, 0.25) is 0 Å². The molecule has 0 spiro atoms. The highest BCUT2D eigenvalue weighted by Crippen LogP contribution is 2.39. The van der Waals surface area contributed by atoms with Crippen LogP contribution in [0.1, 0.15) is 39.8 Å². The van der Waals surface area contributed by atoms with Gasteiger partial charge in [0.2, 0.25) is 0 Å². The topological polar surface area (TPSA) is 78.6 Å². The Balaban J connectivity index is 1.03. The molecule has 2 N–H and O–H groups in total. The summed E-state index contributed by atoms with van der Waals surface area (Å²) in [7, 11) is 0. The Morgan fingerprint density at radius 1 is 0.649 bits per heavy atom. The van der Waals surface area contributed by atoms with E-state index in [1.165, 1.54) is 44.5 Å². The monoisotopic (exact) mass is 489 g/mol. The largest absolute Gasteiger partial charge is 0.461 e. The molecule has 0 bridgehead atoms. The second-order valence-electron chi connectivity index (χ2n) is 9.63. The van der Waals surface area contributed by atoms with Gasteiger partial charge in [0.15, 0.2) is 0 Å². The normalized spacial score (nSPS) is 13.2. The van der Waals surface area contributed by atoms with Gasteiger partial charge in [-0.2, -0.15) is 0 Å². The van der Waals surface area contributed by atoms with Crippen molar-refractivity contribution in [2.24, 2.45) is 5.73 Å². The second kappa shape index (κ2) is 9.68. The molecule has 5 nitrogen and oxygen atoms in total. The molecule has 0 amide bonds. The Labute approximate surface area is 215 Å². The van der Waals surface area contributed by atoms with E-state index in [0.29, 0.717) is 0 Å². The van der Waals surface area contributed by atoms with Crippen molar-refractivity contribution < 1.29 is 19.1 Å². The fourth-order valence-electron chi connectivity index (χ4n) is 5.45. The molecular weight excluding hydrogens is 462 g/mol. The van der Waals surface area contributed by atoms with Gasteiger partial charge in [-0.15, -0.1) is 0 Å². The van der Waals surface area contributed by atoms with Crippen LogP contribution in [0.15, 0.2) is 84.9 Å². The highest BCUT2D eigenvalue weighted by molar-refractivity contribution is 5.83. The second-order valence-corrected chi connectivity index (χ2v) is 9.63. The van der Waals surface area contributed by atoms with Gasteiger partial charge in [0.1, 0.15) is 19.3 Å². The van der Waals surface area contributed by atoms with E-state index in [2.05, 4.69) is 36.4 Å². The van der Waals surface area contributed by atoms with Crippen LogP contribution in [0.25, 0.3) is 22.3 Å². The third-order valence-corrected chi connectivity index (χ3v) is 7.34. The highest BCUT2D eigenvalue weighted by Gasteiger charge is 2.24. The van der Waals surface area contributed by atoms with Gasteiger partial charge >= 0.3 is 11.9 Å². The lowest BCUT2D eigenvalue weighted by atomic mass is 10.0. The number of benzene rings is 4. The number of hydrogen-bond donors (Lipinski definition) is 1. The lowest BCUT2D eigenvalue weighted by Crippen LogP contribution is -2.35. The SMILES string of the molecule is NC(CC(=O)OCc1cccc2c1Cc1ccccc1-2)C(=O)OCc1cccc2c1Cc1ccccc1-2. The first kappa shape index (κ1) is 23.2. The predicted molar refractivity (Wildman–Crippen MR) is 142 cm³/mol. The zero-order valence-corrected chi connectivity index (χ0v) is 20.4. The minimum atomic E-state index is -1.08. The van der Waals surface area contributed by atoms with Crippen LogP contribution in [-0.2, 0) is 45.1 Å². The van der Waals surface area contributed by atoms with Gasteiger partial charge in [0, 0.05) is 0 Å². The molecule has 2 aliphatic carbocycles. The average Bonchev–Trinajstić information content (AvgIpc) is 3.49. The van der Waals surface area contributed by atoms with E-state index in [9.17, 15) is 9.59 Å². The summed E-state index contributed by atoms with van der Waals surface area (Å²) in [4.78, 5) is 25.1. The minimum absolute atomic E-state index is 0.120. The Hall–Kier alpha value is -4.22. The molecule has 0 aliphatic heterocycles. The van der Waals surface area contributed by atoms with Gasteiger partial charge in [0.05, 0.1) is 6.42 Å². The van der Waals surface area contributed by atoms with E-state index >= 15 is 0 Å². The molecule has 0 saturated heterocycles. The maximum absolute atomic E-state index is 12.6. The Morgan fingerprint density at radius 3 is 1.70 bits per heavy atom. The van der Waals surface area contributed by atoms with E-state index in [1.54, 1.807) is 0 Å². The summed E-state index contributed by atoms with van der Waals surface area (Å²) in [6.07, 6.45) is 1.40. The Bertz CT molecular complexity index is 1520. The average molecular weight is 490 g/mol. The molecule has 4 aromatic carbocycles. The molecular formula is C32H27NO4. The fourth-order valence-corrected chi connectivity index (χ4v) is 5.45. The molecule has 0 radical (unpaired) electrons. The van der Waals surface area contributed by atoms with E-state index in [4.69, 9.17) is 15.2 Å². The van der Waals surface area contributed by atoms with Gasteiger partial charge in [0.25, 0.3) is 0 Å². The summed E-state index contributed by atoms with van der Waals surface area (Å²) < 4.78 is 11.0. The van der Waals surface area contributed by atoms with Crippen molar-refractivity contribution in [1.29, 1.82) is 0 Å². The van der Waals surface area contributed by atoms with Crippen molar-refractivity contribution >= 4 is 11.9 Å². The number of carbonyl (C=O) groups is 2. The third-order valence-electron chi connectivity index (χ3n) is 7.34. The Morgan fingerprint density at radius 2 is 1.14 bits per heavy atom. The van der Waals surface area contributed by atoms with Crippen molar-refractivity contribution in [1.82, 2.24) is 0 Å². The first-order chi connectivity index (χ1) is 18.1. The van der Waals surface area contributed by atoms with Gasteiger partial charge in [-0.25, -0.2) is 0 Å². The number of nitrogens with two attached hydrogens (primary N) is 1. The van der Waals surface area contributed by atoms with Crippen LogP contribution in [0.3, 0.4) is 0 Å². The van der Waals surface area contributed by atoms with Gasteiger partial charge in [-0.1, -0.05) is 84.9 Å². The minimum Gasteiger partial charge on any atom is -0.461 e. The van der Waals surface area contributed by atoms with Gasteiger partial charge < -0.3 is 15.2 Å². The fraction of sp³-hybridized carbons (Fsp3) is 0.188. The summed E-state index contributed by atoms with van der Waals surface area (Å²) in [5, 5.41) is 0. The molecule has 1 unspecified atom stereocenters. The lowest BCUT2D eigenvalue weighted by Gasteiger charge is -2.14. The summed E-state index contributed by atoms with van der Waals surface area (Å²) >= 11 is 0. The maximum atomic E-state index is 12.6. The first-order valence-corrected chi connectivity index (χ1v) is 12.5. The smallest absolute Gasteiger partial charge is 0.323 e. The van der Waals surface area contributed by atoms with Crippen LogP contribution in [0, 0.1) is 0 Å². The third kappa shape index (κ3) is 4.43. The molecule has 2 aliphatic rings. The zero-order chi connectivity index (χ0) is 25.4. The van der Waals surface area contributed by atoms with E-state index < -0.39 is 18.0 Å². The van der Waals surface area contributed by atoms with Crippen LogP contribution >= 0.6 is 0 Å². The van der Waals surface area contributed by atoms with Crippen molar-refractivity contribution in [3.63, 3.8) is 0 Å². The highest BCUT2D eigenvalue weighted by atomic mass is 16.5. The molecule has 1 atom stereocenters. The molecule has 0 saturated carbocycles. The molecule has 4 aromatic rings. The van der Waals surface area contributed by atoms with Crippen LogP contribution < -0.4 is 5.73 Å². The van der Waals surface area contributed by atoms with Gasteiger partial charge in [-0.3, -0.25) is 9.59 Å². The first-order valence-electron chi connectivity index (χ1n) is 12.5. The molecule has 37 heavy (non-hydrogen) atoms. The quantitative estimate of drug-likeness (QED) is 0.307. The standard InChI is InChI=1S/C32H27NO4/c33-30(32(35)37-19-23-10-6-14-27-25-12-4-2-8-21(25)16-29(23)27)17-31(34)36-18-22-9-5-13-26-24-11-3-1-7-20(24)15-28(22)26/h1-14,30H,15-19,33H2. The molecule has 6 rings (SSSR count). The van der Waals surface area contributed by atoms with E-state index in [-0.39, 0.29) is 19.6 Å². The van der Waals surface area contributed by atoms with Gasteiger partial charge in [-0.05, 0) is 68.5 Å². The van der Waals surface area contributed by atoms with Crippen molar-refractivity contribution in [2.75, 3.05) is 0 Å². The molecule has 0 aromatic heterocycles. The van der Waals surface area contributed by atoms with Crippen molar-refractivity contribution in [2.45, 2.75) is 38.5 Å². The number of carbonyl (C=O) groups excluding carboxylic acids is 2. The summed E-state index contributed by atoms with van der Waals surface area (Å²) in [6, 6.07) is 27.6. The lowest BCUT2D eigenvalue weighted by molar-refractivity contribution is -0.153. The van der Waals surface area contributed by atoms with Crippen molar-refractivity contribution in [3.8, 4) is 22.3 Å². The van der Waals surface area contributed by atoms with E-state index in [0.717, 1.165) is 24.0 Å². The molecule has 184 valence electrons. The maximum Gasteiger partial charge on any atom is 0.323 e. The van der Waals surface area contributed by atoms with Crippen molar-refractivity contribution in [3.05, 3.63) is 118 Å². The predicted octanol–water partition coefficient (Wildman–Crippen LogP) is 5.33. The Kier molecular flexibility index (Phi) is 6.07. The number of fused-ring (bicyclic) bond motifs is 6. The molecule has 0 fully saturated rings.